The first-order valence-electron chi connectivity index (χ1n) is 17.4. The fourth-order valence-corrected chi connectivity index (χ4v) is 5.10. The Labute approximate surface area is 303 Å². The Bertz CT molecular complexity index is 1580. The van der Waals surface area contributed by atoms with Gasteiger partial charge in [-0.3, -0.25) is 28.9 Å². The molecule has 2 N–H and O–H groups in total. The van der Waals surface area contributed by atoms with Crippen LogP contribution in [0, 0.1) is 11.8 Å². The van der Waals surface area contributed by atoms with E-state index in [1.54, 1.807) is 4.90 Å². The van der Waals surface area contributed by atoms with Gasteiger partial charge in [-0.1, -0.05) is 42.2 Å². The SMILES string of the molecule is O=C(CCOCCOCCOCCOCCOCCNC(=O)CCN1C(=O)C=CC1=O)NCCC(=O)N1Cc2ccccc2C#Cc2ccccc21. The van der Waals surface area contributed by atoms with Crippen LogP contribution in [0.2, 0.25) is 0 Å². The van der Waals surface area contributed by atoms with Crippen LogP contribution in [0.5, 0.6) is 0 Å². The third-order valence-electron chi connectivity index (χ3n) is 7.83. The molecule has 0 aromatic heterocycles. The van der Waals surface area contributed by atoms with Gasteiger partial charge in [0.1, 0.15) is 0 Å². The van der Waals surface area contributed by atoms with Crippen LogP contribution in [0.4, 0.5) is 5.69 Å². The van der Waals surface area contributed by atoms with Gasteiger partial charge in [0.2, 0.25) is 17.7 Å². The van der Waals surface area contributed by atoms with Gasteiger partial charge in [-0.05, 0) is 23.8 Å². The number of nitrogens with one attached hydrogen (secondary N) is 2. The average molecular weight is 719 g/mol. The third kappa shape index (κ3) is 14.0. The van der Waals surface area contributed by atoms with Crippen molar-refractivity contribution in [2.45, 2.75) is 25.8 Å². The monoisotopic (exact) mass is 718 g/mol. The first-order valence-corrected chi connectivity index (χ1v) is 17.4. The molecule has 2 aliphatic heterocycles. The van der Waals surface area contributed by atoms with E-state index in [1.807, 2.05) is 48.5 Å². The maximum absolute atomic E-state index is 13.3. The highest BCUT2D eigenvalue weighted by molar-refractivity contribution is 6.13. The Morgan fingerprint density at radius 1 is 0.596 bits per heavy atom. The number of hydrogen-bond donors (Lipinski definition) is 2. The van der Waals surface area contributed by atoms with Crippen LogP contribution in [-0.2, 0) is 54.2 Å². The number of imide groups is 1. The van der Waals surface area contributed by atoms with E-state index in [-0.39, 0.29) is 56.7 Å². The van der Waals surface area contributed by atoms with E-state index >= 15 is 0 Å². The second kappa shape index (κ2) is 22.8. The summed E-state index contributed by atoms with van der Waals surface area (Å²) in [6, 6.07) is 15.4. The van der Waals surface area contributed by atoms with Gasteiger partial charge >= 0.3 is 0 Å². The number of benzene rings is 2. The van der Waals surface area contributed by atoms with Crippen LogP contribution >= 0.6 is 0 Å². The Balaban J connectivity index is 0.907. The minimum atomic E-state index is -0.406. The number of para-hydroxylation sites is 1. The summed E-state index contributed by atoms with van der Waals surface area (Å²) in [4.78, 5) is 63.0. The van der Waals surface area contributed by atoms with Gasteiger partial charge in [-0.25, -0.2) is 0 Å². The molecule has 14 heteroatoms. The highest BCUT2D eigenvalue weighted by atomic mass is 16.6. The largest absolute Gasteiger partial charge is 0.379 e. The minimum absolute atomic E-state index is 0.0398. The van der Waals surface area contributed by atoms with Crippen molar-refractivity contribution in [2.75, 3.05) is 90.6 Å². The molecule has 0 atom stereocenters. The molecular formula is C38H46N4O10. The first-order chi connectivity index (χ1) is 25.4. The lowest BCUT2D eigenvalue weighted by Gasteiger charge is -2.26. The minimum Gasteiger partial charge on any atom is -0.379 e. The second-order valence-corrected chi connectivity index (χ2v) is 11.6. The van der Waals surface area contributed by atoms with E-state index in [0.29, 0.717) is 72.6 Å². The summed E-state index contributed by atoms with van der Waals surface area (Å²) in [5.74, 6) is 5.03. The molecule has 0 aliphatic carbocycles. The molecule has 5 amide bonds. The summed E-state index contributed by atoms with van der Waals surface area (Å²) in [7, 11) is 0. The second-order valence-electron chi connectivity index (χ2n) is 11.6. The molecule has 2 aromatic rings. The zero-order valence-electron chi connectivity index (χ0n) is 29.3. The van der Waals surface area contributed by atoms with Gasteiger partial charge in [-0.2, -0.15) is 0 Å². The van der Waals surface area contributed by atoms with E-state index in [4.69, 9.17) is 23.7 Å². The van der Waals surface area contributed by atoms with Gasteiger partial charge in [0, 0.05) is 62.2 Å². The number of ether oxygens (including phenoxy) is 5. The molecule has 2 aliphatic rings. The number of carbonyl (C=O) groups is 5. The van der Waals surface area contributed by atoms with Gasteiger partial charge in [0.15, 0.2) is 0 Å². The van der Waals surface area contributed by atoms with Crippen molar-refractivity contribution in [1.82, 2.24) is 15.5 Å². The molecule has 0 unspecified atom stereocenters. The van der Waals surface area contributed by atoms with E-state index < -0.39 is 11.8 Å². The van der Waals surface area contributed by atoms with Crippen molar-refractivity contribution in [3.63, 3.8) is 0 Å². The summed E-state index contributed by atoms with van der Waals surface area (Å²) in [6.45, 7) is 4.62. The highest BCUT2D eigenvalue weighted by Gasteiger charge is 2.24. The predicted molar refractivity (Wildman–Crippen MR) is 190 cm³/mol. The number of carbonyl (C=O) groups excluding carboxylic acids is 5. The number of rotatable bonds is 24. The molecular weight excluding hydrogens is 672 g/mol. The van der Waals surface area contributed by atoms with Gasteiger partial charge < -0.3 is 39.2 Å². The summed E-state index contributed by atoms with van der Waals surface area (Å²) < 4.78 is 27.3. The number of nitrogens with zero attached hydrogens (tertiary/aromatic N) is 2. The summed E-state index contributed by atoms with van der Waals surface area (Å²) in [5, 5.41) is 5.48. The molecule has 14 nitrogen and oxygen atoms in total. The number of fused-ring (bicyclic) bond motifs is 2. The van der Waals surface area contributed by atoms with Crippen molar-refractivity contribution >= 4 is 35.2 Å². The van der Waals surface area contributed by atoms with Crippen LogP contribution < -0.4 is 15.5 Å². The van der Waals surface area contributed by atoms with Crippen LogP contribution in [0.1, 0.15) is 36.0 Å². The average Bonchev–Trinajstić information content (AvgIpc) is 3.46. The summed E-state index contributed by atoms with van der Waals surface area (Å²) in [5.41, 5.74) is 3.42. The molecule has 0 fully saturated rings. The van der Waals surface area contributed by atoms with Crippen LogP contribution in [-0.4, -0.2) is 120 Å². The molecule has 2 heterocycles. The maximum atomic E-state index is 13.3. The van der Waals surface area contributed by atoms with Crippen LogP contribution in [0.15, 0.2) is 60.7 Å². The molecule has 278 valence electrons. The number of amides is 5. The fourth-order valence-electron chi connectivity index (χ4n) is 5.10. The third-order valence-corrected chi connectivity index (χ3v) is 7.83. The number of anilines is 1. The fraction of sp³-hybridized carbons (Fsp3) is 0.447. The van der Waals surface area contributed by atoms with Gasteiger partial charge in [0.25, 0.3) is 11.8 Å². The normalized spacial score (nSPS) is 13.2. The van der Waals surface area contributed by atoms with E-state index in [2.05, 4.69) is 22.5 Å². The molecule has 4 rings (SSSR count). The lowest BCUT2D eigenvalue weighted by Crippen LogP contribution is -2.35. The topological polar surface area (TPSA) is 162 Å². The highest BCUT2D eigenvalue weighted by Crippen LogP contribution is 2.25. The van der Waals surface area contributed by atoms with Gasteiger partial charge in [0.05, 0.1) is 78.3 Å². The zero-order chi connectivity index (χ0) is 36.8. The molecule has 0 radical (unpaired) electrons. The lowest BCUT2D eigenvalue weighted by molar-refractivity contribution is -0.137. The molecule has 52 heavy (non-hydrogen) atoms. The molecule has 0 saturated carbocycles. The van der Waals surface area contributed by atoms with Crippen molar-refractivity contribution in [2.24, 2.45) is 0 Å². The van der Waals surface area contributed by atoms with Crippen LogP contribution in [0.3, 0.4) is 0 Å². The number of hydrogen-bond acceptors (Lipinski definition) is 10. The Morgan fingerprint density at radius 2 is 1.12 bits per heavy atom. The summed E-state index contributed by atoms with van der Waals surface area (Å²) in [6.07, 6.45) is 2.75. The Kier molecular flexibility index (Phi) is 17.5. The first kappa shape index (κ1) is 39.9. The van der Waals surface area contributed by atoms with Crippen molar-refractivity contribution < 1.29 is 47.7 Å². The lowest BCUT2D eigenvalue weighted by atomic mass is 10.0. The Morgan fingerprint density at radius 3 is 1.79 bits per heavy atom. The van der Waals surface area contributed by atoms with E-state index in [1.165, 1.54) is 12.2 Å². The summed E-state index contributed by atoms with van der Waals surface area (Å²) >= 11 is 0. The smallest absolute Gasteiger partial charge is 0.253 e. The van der Waals surface area contributed by atoms with Crippen molar-refractivity contribution in [3.8, 4) is 11.8 Å². The maximum Gasteiger partial charge on any atom is 0.253 e. The van der Waals surface area contributed by atoms with Crippen molar-refractivity contribution in [1.29, 1.82) is 0 Å². The van der Waals surface area contributed by atoms with Crippen LogP contribution in [0.25, 0.3) is 0 Å². The molecule has 0 bridgehead atoms. The molecule has 0 spiro atoms. The quantitative estimate of drug-likeness (QED) is 0.0921. The standard InChI is InChI=1S/C38H46N4O10/c43-34(14-18-41-36(45)11-12-37(41)46)40-17-20-49-22-24-51-26-28-52-27-25-50-23-21-48-19-15-35(44)39-16-13-38(47)42-29-32-7-2-1-5-30(32)9-10-31-6-3-4-8-33(31)42/h1-8,11-12H,13-29H2,(H,39,44)(H,40,43). The molecule has 2 aromatic carbocycles. The predicted octanol–water partition coefficient (Wildman–Crippen LogP) is 1.34. The van der Waals surface area contributed by atoms with Crippen molar-refractivity contribution in [3.05, 3.63) is 77.4 Å². The van der Waals surface area contributed by atoms with Gasteiger partial charge in [-0.15, -0.1) is 0 Å². The van der Waals surface area contributed by atoms with E-state index in [0.717, 1.165) is 27.3 Å². The zero-order valence-corrected chi connectivity index (χ0v) is 29.3. The molecule has 0 saturated heterocycles. The Hall–Kier alpha value is -4.91. The van der Waals surface area contributed by atoms with E-state index in [9.17, 15) is 24.0 Å².